The topological polar surface area (TPSA) is 56.1 Å². The van der Waals surface area contributed by atoms with Gasteiger partial charge in [-0.15, -0.1) is 0 Å². The van der Waals surface area contributed by atoms with Crippen LogP contribution in [0.25, 0.3) is 0 Å². The van der Waals surface area contributed by atoms with Gasteiger partial charge in [-0.05, 0) is 24.7 Å². The summed E-state index contributed by atoms with van der Waals surface area (Å²) in [4.78, 5) is 14.1. The van der Waals surface area contributed by atoms with Gasteiger partial charge < -0.3 is 10.2 Å². The number of nitriles is 1. The highest BCUT2D eigenvalue weighted by molar-refractivity contribution is 5.92. The van der Waals surface area contributed by atoms with E-state index in [2.05, 4.69) is 28.4 Å². The Morgan fingerprint density at radius 1 is 1.14 bits per heavy atom. The van der Waals surface area contributed by atoms with Crippen LogP contribution < -0.4 is 5.32 Å². The fourth-order valence-electron chi connectivity index (χ4n) is 2.17. The van der Waals surface area contributed by atoms with E-state index in [1.165, 1.54) is 5.56 Å². The van der Waals surface area contributed by atoms with Crippen molar-refractivity contribution in [3.05, 3.63) is 65.7 Å². The maximum atomic E-state index is 12.0. The first-order valence-electron chi connectivity index (χ1n) is 7.20. The van der Waals surface area contributed by atoms with Crippen LogP contribution in [0.1, 0.15) is 17.5 Å². The number of carbonyl (C=O) groups excluding carboxylic acids is 1. The first-order valence-corrected chi connectivity index (χ1v) is 7.20. The van der Waals surface area contributed by atoms with Gasteiger partial charge in [-0.25, -0.2) is 0 Å². The van der Waals surface area contributed by atoms with Crippen molar-refractivity contribution in [1.82, 2.24) is 4.90 Å². The standard InChI is InChI=1S/C18H19N3O/c1-21(14-15-7-3-2-4-8-15)12-11-18(22)20-17-10-6-5-9-16(17)13-19/h2-10H,11-12,14H2,1H3,(H,20,22). The number of rotatable bonds is 6. The van der Waals surface area contributed by atoms with Gasteiger partial charge in [-0.1, -0.05) is 42.5 Å². The summed E-state index contributed by atoms with van der Waals surface area (Å²) in [7, 11) is 1.99. The molecule has 112 valence electrons. The van der Waals surface area contributed by atoms with Crippen LogP contribution in [-0.2, 0) is 11.3 Å². The van der Waals surface area contributed by atoms with Crippen molar-refractivity contribution in [1.29, 1.82) is 5.26 Å². The zero-order valence-corrected chi connectivity index (χ0v) is 12.6. The van der Waals surface area contributed by atoms with E-state index >= 15 is 0 Å². The van der Waals surface area contributed by atoms with Crippen molar-refractivity contribution in [3.63, 3.8) is 0 Å². The van der Waals surface area contributed by atoms with Gasteiger partial charge in [0.05, 0.1) is 11.3 Å². The molecule has 2 rings (SSSR count). The molecule has 1 amide bonds. The van der Waals surface area contributed by atoms with Gasteiger partial charge in [0.1, 0.15) is 6.07 Å². The van der Waals surface area contributed by atoms with Crippen molar-refractivity contribution in [2.24, 2.45) is 0 Å². The fourth-order valence-corrected chi connectivity index (χ4v) is 2.17. The summed E-state index contributed by atoms with van der Waals surface area (Å²) >= 11 is 0. The van der Waals surface area contributed by atoms with E-state index in [0.29, 0.717) is 24.2 Å². The van der Waals surface area contributed by atoms with Gasteiger partial charge in [0.15, 0.2) is 0 Å². The minimum Gasteiger partial charge on any atom is -0.325 e. The minimum absolute atomic E-state index is 0.0809. The molecule has 0 radical (unpaired) electrons. The Morgan fingerprint density at radius 3 is 2.55 bits per heavy atom. The highest BCUT2D eigenvalue weighted by atomic mass is 16.1. The molecule has 22 heavy (non-hydrogen) atoms. The van der Waals surface area contributed by atoms with Gasteiger partial charge >= 0.3 is 0 Å². The minimum atomic E-state index is -0.0809. The molecule has 0 bridgehead atoms. The molecule has 0 aliphatic rings. The second-order valence-electron chi connectivity index (χ2n) is 5.18. The first kappa shape index (κ1) is 15.7. The van der Waals surface area contributed by atoms with E-state index in [-0.39, 0.29) is 5.91 Å². The lowest BCUT2D eigenvalue weighted by Gasteiger charge is -2.16. The number of anilines is 1. The molecule has 4 nitrogen and oxygen atoms in total. The second-order valence-corrected chi connectivity index (χ2v) is 5.18. The molecule has 0 spiro atoms. The number of nitrogens with zero attached hydrogens (tertiary/aromatic N) is 2. The summed E-state index contributed by atoms with van der Waals surface area (Å²) in [6.07, 6.45) is 0.392. The molecule has 2 aromatic carbocycles. The first-order chi connectivity index (χ1) is 10.7. The average molecular weight is 293 g/mol. The quantitative estimate of drug-likeness (QED) is 0.890. The monoisotopic (exact) mass is 293 g/mol. The van der Waals surface area contributed by atoms with Crippen molar-refractivity contribution in [2.45, 2.75) is 13.0 Å². The van der Waals surface area contributed by atoms with Crippen LogP contribution in [-0.4, -0.2) is 24.4 Å². The number of benzene rings is 2. The van der Waals surface area contributed by atoms with Crippen LogP contribution in [0.2, 0.25) is 0 Å². The van der Waals surface area contributed by atoms with Crippen molar-refractivity contribution in [2.75, 3.05) is 18.9 Å². The van der Waals surface area contributed by atoms with Crippen molar-refractivity contribution in [3.8, 4) is 6.07 Å². The van der Waals surface area contributed by atoms with Crippen LogP contribution in [0.4, 0.5) is 5.69 Å². The summed E-state index contributed by atoms with van der Waals surface area (Å²) < 4.78 is 0. The van der Waals surface area contributed by atoms with E-state index in [9.17, 15) is 4.79 Å². The lowest BCUT2D eigenvalue weighted by atomic mass is 10.2. The molecule has 0 saturated heterocycles. The predicted octanol–water partition coefficient (Wildman–Crippen LogP) is 3.02. The maximum Gasteiger partial charge on any atom is 0.225 e. The van der Waals surface area contributed by atoms with Crippen LogP contribution in [0.15, 0.2) is 54.6 Å². The second kappa shape index (κ2) is 7.96. The summed E-state index contributed by atoms with van der Waals surface area (Å²) in [6, 6.07) is 19.2. The Labute approximate surface area is 131 Å². The molecule has 4 heteroatoms. The van der Waals surface area contributed by atoms with E-state index in [1.54, 1.807) is 24.3 Å². The normalized spacial score (nSPS) is 10.2. The van der Waals surface area contributed by atoms with Gasteiger partial charge in [0.25, 0.3) is 0 Å². The number of hydrogen-bond acceptors (Lipinski definition) is 3. The Morgan fingerprint density at radius 2 is 1.82 bits per heavy atom. The SMILES string of the molecule is CN(CCC(=O)Nc1ccccc1C#N)Cc1ccccc1. The molecule has 2 aromatic rings. The zero-order valence-electron chi connectivity index (χ0n) is 12.6. The predicted molar refractivity (Wildman–Crippen MR) is 87.2 cm³/mol. The number of nitrogens with one attached hydrogen (secondary N) is 1. The molecule has 0 unspecified atom stereocenters. The van der Waals surface area contributed by atoms with Crippen LogP contribution >= 0.6 is 0 Å². The molecule has 0 aliphatic carbocycles. The van der Waals surface area contributed by atoms with E-state index in [4.69, 9.17) is 5.26 Å². The molecule has 0 fully saturated rings. The third-order valence-electron chi connectivity index (χ3n) is 3.34. The molecule has 0 atom stereocenters. The molecule has 0 aromatic heterocycles. The van der Waals surface area contributed by atoms with Crippen LogP contribution in [0.5, 0.6) is 0 Å². The lowest BCUT2D eigenvalue weighted by Crippen LogP contribution is -2.24. The summed E-state index contributed by atoms with van der Waals surface area (Å²) in [5.74, 6) is -0.0809. The number of para-hydroxylation sites is 1. The lowest BCUT2D eigenvalue weighted by molar-refractivity contribution is -0.116. The molecular weight excluding hydrogens is 274 g/mol. The summed E-state index contributed by atoms with van der Waals surface area (Å²) in [6.45, 7) is 1.47. The number of amides is 1. The van der Waals surface area contributed by atoms with Gasteiger partial charge in [0.2, 0.25) is 5.91 Å². The molecular formula is C18H19N3O. The molecule has 0 aliphatic heterocycles. The van der Waals surface area contributed by atoms with Crippen molar-refractivity contribution < 1.29 is 4.79 Å². The van der Waals surface area contributed by atoms with Crippen LogP contribution in [0, 0.1) is 11.3 Å². The highest BCUT2D eigenvalue weighted by Crippen LogP contribution is 2.13. The van der Waals surface area contributed by atoms with Crippen LogP contribution in [0.3, 0.4) is 0 Å². The van der Waals surface area contributed by atoms with Gasteiger partial charge in [-0.2, -0.15) is 5.26 Å². The summed E-state index contributed by atoms with van der Waals surface area (Å²) in [5.41, 5.74) is 2.27. The molecule has 0 heterocycles. The van der Waals surface area contributed by atoms with E-state index in [0.717, 1.165) is 6.54 Å². The van der Waals surface area contributed by atoms with Gasteiger partial charge in [0, 0.05) is 19.5 Å². The third kappa shape index (κ3) is 4.72. The van der Waals surface area contributed by atoms with E-state index in [1.807, 2.05) is 25.2 Å². The average Bonchev–Trinajstić information content (AvgIpc) is 2.54. The Kier molecular flexibility index (Phi) is 5.70. The maximum absolute atomic E-state index is 12.0. The number of carbonyl (C=O) groups is 1. The fraction of sp³-hybridized carbons (Fsp3) is 0.222. The molecule has 1 N–H and O–H groups in total. The highest BCUT2D eigenvalue weighted by Gasteiger charge is 2.08. The largest absolute Gasteiger partial charge is 0.325 e. The zero-order chi connectivity index (χ0) is 15.8. The number of hydrogen-bond donors (Lipinski definition) is 1. The Balaban J connectivity index is 1.81. The smallest absolute Gasteiger partial charge is 0.225 e. The summed E-state index contributed by atoms with van der Waals surface area (Å²) in [5, 5.41) is 11.8. The Bertz CT molecular complexity index is 662. The molecule has 0 saturated carbocycles. The van der Waals surface area contributed by atoms with Gasteiger partial charge in [-0.3, -0.25) is 4.79 Å². The van der Waals surface area contributed by atoms with Crippen molar-refractivity contribution >= 4 is 11.6 Å². The Hall–Kier alpha value is -2.64. The van der Waals surface area contributed by atoms with E-state index < -0.39 is 0 Å². The third-order valence-corrected chi connectivity index (χ3v) is 3.34.